The minimum atomic E-state index is -0.101. The molecule has 0 fully saturated rings. The van der Waals surface area contributed by atoms with E-state index in [0.717, 1.165) is 38.7 Å². The van der Waals surface area contributed by atoms with Gasteiger partial charge in [0.1, 0.15) is 0 Å². The first-order valence-electron chi connectivity index (χ1n) is 7.71. The zero-order valence-corrected chi connectivity index (χ0v) is 14.5. The lowest BCUT2D eigenvalue weighted by Crippen LogP contribution is -2.21. The number of aromatic nitrogens is 1. The topological polar surface area (TPSA) is 54.4 Å². The summed E-state index contributed by atoms with van der Waals surface area (Å²) in [6.07, 6.45) is 1.87. The average molecular weight is 353 g/mol. The van der Waals surface area contributed by atoms with Crippen LogP contribution in [-0.4, -0.2) is 22.4 Å². The number of para-hydroxylation sites is 1. The first kappa shape index (κ1) is 15.4. The van der Waals surface area contributed by atoms with Gasteiger partial charge in [-0.05, 0) is 30.5 Å². The van der Waals surface area contributed by atoms with E-state index in [1.54, 1.807) is 11.3 Å². The maximum absolute atomic E-state index is 12.0. The van der Waals surface area contributed by atoms with Crippen LogP contribution in [0.2, 0.25) is 0 Å². The number of aryl methyl sites for hydroxylation is 1. The molecule has 120 valence electrons. The molecule has 6 heteroatoms. The van der Waals surface area contributed by atoms with Gasteiger partial charge >= 0.3 is 0 Å². The van der Waals surface area contributed by atoms with Crippen molar-refractivity contribution in [3.05, 3.63) is 59.7 Å². The van der Waals surface area contributed by atoms with E-state index in [-0.39, 0.29) is 5.91 Å². The van der Waals surface area contributed by atoms with Crippen LogP contribution in [0.5, 0.6) is 0 Å². The van der Waals surface area contributed by atoms with Gasteiger partial charge in [0.15, 0.2) is 4.34 Å². The SMILES string of the molecule is O=C(CSc1nc2ccccc2s1)N/N=C1\CCc2ccccc21. The van der Waals surface area contributed by atoms with Crippen LogP contribution in [0.15, 0.2) is 58.0 Å². The molecule has 4 nitrogen and oxygen atoms in total. The first-order valence-corrected chi connectivity index (χ1v) is 9.52. The van der Waals surface area contributed by atoms with Gasteiger partial charge in [0.05, 0.1) is 21.7 Å². The number of amides is 1. The number of thioether (sulfide) groups is 1. The van der Waals surface area contributed by atoms with Crippen LogP contribution in [0.1, 0.15) is 17.5 Å². The summed E-state index contributed by atoms with van der Waals surface area (Å²) in [6.45, 7) is 0. The Balaban J connectivity index is 1.36. The van der Waals surface area contributed by atoms with Crippen LogP contribution < -0.4 is 5.43 Å². The Bertz CT molecular complexity index is 900. The zero-order chi connectivity index (χ0) is 16.4. The fourth-order valence-corrected chi connectivity index (χ4v) is 4.59. The fourth-order valence-electron chi connectivity index (χ4n) is 2.73. The number of thiazole rings is 1. The molecule has 1 amide bonds. The second-order valence-electron chi connectivity index (χ2n) is 5.49. The van der Waals surface area contributed by atoms with E-state index in [1.165, 1.54) is 17.3 Å². The van der Waals surface area contributed by atoms with Crippen LogP contribution in [0, 0.1) is 0 Å². The highest BCUT2D eigenvalue weighted by molar-refractivity contribution is 8.01. The minimum absolute atomic E-state index is 0.101. The number of benzene rings is 2. The van der Waals surface area contributed by atoms with E-state index in [9.17, 15) is 4.79 Å². The average Bonchev–Trinajstić information content (AvgIpc) is 3.21. The maximum atomic E-state index is 12.0. The van der Waals surface area contributed by atoms with Crippen LogP contribution in [0.25, 0.3) is 10.2 Å². The summed E-state index contributed by atoms with van der Waals surface area (Å²) in [5.41, 5.74) is 7.07. The Morgan fingerprint density at radius 2 is 2.00 bits per heavy atom. The molecule has 0 saturated heterocycles. The zero-order valence-electron chi connectivity index (χ0n) is 12.9. The number of fused-ring (bicyclic) bond motifs is 2. The molecule has 2 aromatic carbocycles. The molecule has 3 aromatic rings. The minimum Gasteiger partial charge on any atom is -0.272 e. The summed E-state index contributed by atoms with van der Waals surface area (Å²) in [6, 6.07) is 16.2. The quantitative estimate of drug-likeness (QED) is 0.572. The third kappa shape index (κ3) is 3.20. The molecule has 0 saturated carbocycles. The lowest BCUT2D eigenvalue weighted by atomic mass is 10.1. The lowest BCUT2D eigenvalue weighted by Gasteiger charge is -2.01. The van der Waals surface area contributed by atoms with Gasteiger partial charge in [0.25, 0.3) is 5.91 Å². The maximum Gasteiger partial charge on any atom is 0.250 e. The Kier molecular flexibility index (Phi) is 4.32. The van der Waals surface area contributed by atoms with Gasteiger partial charge in [-0.25, -0.2) is 10.4 Å². The first-order chi connectivity index (χ1) is 11.8. The molecule has 0 spiro atoms. The molecule has 24 heavy (non-hydrogen) atoms. The number of carbonyl (C=O) groups is 1. The second kappa shape index (κ2) is 6.75. The molecule has 0 aliphatic heterocycles. The molecule has 1 aliphatic rings. The molecule has 0 radical (unpaired) electrons. The van der Waals surface area contributed by atoms with Crippen molar-refractivity contribution < 1.29 is 4.79 Å². The van der Waals surface area contributed by atoms with Crippen LogP contribution in [0.4, 0.5) is 0 Å². The van der Waals surface area contributed by atoms with Gasteiger partial charge in [-0.3, -0.25) is 4.79 Å². The van der Waals surface area contributed by atoms with Crippen LogP contribution in [-0.2, 0) is 11.2 Å². The van der Waals surface area contributed by atoms with Crippen molar-refractivity contribution in [1.29, 1.82) is 0 Å². The summed E-state index contributed by atoms with van der Waals surface area (Å²) >= 11 is 3.06. The number of hydrazone groups is 1. The van der Waals surface area contributed by atoms with E-state index in [1.807, 2.05) is 36.4 Å². The molecule has 1 N–H and O–H groups in total. The van der Waals surface area contributed by atoms with Crippen molar-refractivity contribution in [2.45, 2.75) is 17.2 Å². The number of hydrogen-bond donors (Lipinski definition) is 1. The monoisotopic (exact) mass is 353 g/mol. The molecule has 1 aliphatic carbocycles. The molecule has 0 atom stereocenters. The van der Waals surface area contributed by atoms with E-state index < -0.39 is 0 Å². The van der Waals surface area contributed by atoms with Crippen molar-refractivity contribution in [3.8, 4) is 0 Å². The molecule has 1 aromatic heterocycles. The molecule has 1 heterocycles. The Morgan fingerprint density at radius 1 is 1.17 bits per heavy atom. The Labute approximate surface area is 148 Å². The Hall–Kier alpha value is -2.18. The van der Waals surface area contributed by atoms with Gasteiger partial charge in [0.2, 0.25) is 0 Å². The third-order valence-corrected chi connectivity index (χ3v) is 6.06. The van der Waals surface area contributed by atoms with Gasteiger partial charge in [-0.1, -0.05) is 48.2 Å². The summed E-state index contributed by atoms with van der Waals surface area (Å²) in [5.74, 6) is 0.217. The fraction of sp³-hybridized carbons (Fsp3) is 0.167. The summed E-state index contributed by atoms with van der Waals surface area (Å²) in [7, 11) is 0. The number of carbonyl (C=O) groups excluding carboxylic acids is 1. The third-order valence-electron chi connectivity index (χ3n) is 3.88. The lowest BCUT2D eigenvalue weighted by molar-refractivity contribution is -0.118. The molecule has 0 unspecified atom stereocenters. The van der Waals surface area contributed by atoms with Crippen LogP contribution >= 0.6 is 23.1 Å². The largest absolute Gasteiger partial charge is 0.272 e. The number of hydrogen-bond acceptors (Lipinski definition) is 5. The van der Waals surface area contributed by atoms with E-state index in [4.69, 9.17) is 0 Å². The number of nitrogens with zero attached hydrogens (tertiary/aromatic N) is 2. The van der Waals surface area contributed by atoms with E-state index in [0.29, 0.717) is 5.75 Å². The number of rotatable bonds is 4. The number of nitrogens with one attached hydrogen (secondary N) is 1. The van der Waals surface area contributed by atoms with Crippen molar-refractivity contribution in [1.82, 2.24) is 10.4 Å². The van der Waals surface area contributed by atoms with Crippen molar-refractivity contribution in [2.75, 3.05) is 5.75 Å². The summed E-state index contributed by atoms with van der Waals surface area (Å²) in [4.78, 5) is 16.6. The highest BCUT2D eigenvalue weighted by Crippen LogP contribution is 2.29. The normalized spacial score (nSPS) is 14.9. The Morgan fingerprint density at radius 3 is 2.92 bits per heavy atom. The highest BCUT2D eigenvalue weighted by Gasteiger charge is 2.17. The van der Waals surface area contributed by atoms with Crippen molar-refractivity contribution in [3.63, 3.8) is 0 Å². The van der Waals surface area contributed by atoms with Crippen molar-refractivity contribution in [2.24, 2.45) is 5.10 Å². The molecular formula is C18H15N3OS2. The van der Waals surface area contributed by atoms with E-state index >= 15 is 0 Å². The standard InChI is InChI=1S/C18H15N3OS2/c22-17(11-23-18-19-15-7-3-4-8-16(15)24-18)21-20-14-10-9-12-5-1-2-6-13(12)14/h1-8H,9-11H2,(H,21,22)/b20-14+. The van der Waals surface area contributed by atoms with E-state index in [2.05, 4.69) is 27.6 Å². The van der Waals surface area contributed by atoms with Crippen molar-refractivity contribution >= 4 is 44.9 Å². The molecule has 4 rings (SSSR count). The molecule has 0 bridgehead atoms. The predicted octanol–water partition coefficient (Wildman–Crippen LogP) is 3.86. The van der Waals surface area contributed by atoms with Gasteiger partial charge in [-0.2, -0.15) is 5.10 Å². The van der Waals surface area contributed by atoms with Gasteiger partial charge < -0.3 is 0 Å². The van der Waals surface area contributed by atoms with Gasteiger partial charge in [0, 0.05) is 5.56 Å². The van der Waals surface area contributed by atoms with Gasteiger partial charge in [-0.15, -0.1) is 11.3 Å². The highest BCUT2D eigenvalue weighted by atomic mass is 32.2. The summed E-state index contributed by atoms with van der Waals surface area (Å²) in [5, 5.41) is 4.31. The predicted molar refractivity (Wildman–Crippen MR) is 99.8 cm³/mol. The second-order valence-corrected chi connectivity index (χ2v) is 7.74. The molecular weight excluding hydrogens is 338 g/mol. The summed E-state index contributed by atoms with van der Waals surface area (Å²) < 4.78 is 2.05. The smallest absolute Gasteiger partial charge is 0.250 e. The van der Waals surface area contributed by atoms with Crippen LogP contribution in [0.3, 0.4) is 0 Å².